The number of hydrogen-bond acceptors (Lipinski definition) is 2. The van der Waals surface area contributed by atoms with E-state index in [1.165, 1.54) is 11.1 Å². The molecule has 0 saturated heterocycles. The highest BCUT2D eigenvalue weighted by molar-refractivity contribution is 9.09. The summed E-state index contributed by atoms with van der Waals surface area (Å²) in [5, 5.41) is 7.60. The van der Waals surface area contributed by atoms with Crippen molar-refractivity contribution in [2.24, 2.45) is 0 Å². The maximum absolute atomic E-state index is 11.6. The third-order valence-corrected chi connectivity index (χ3v) is 4.67. The molecule has 2 atom stereocenters. The molecule has 0 spiro atoms. The average Bonchev–Trinajstić information content (AvgIpc) is 2.49. The van der Waals surface area contributed by atoms with Gasteiger partial charge in [-0.25, -0.2) is 0 Å². The Morgan fingerprint density at radius 1 is 1.10 bits per heavy atom. The molecule has 0 aromatic heterocycles. The summed E-state index contributed by atoms with van der Waals surface area (Å²) in [5.74, 6) is 0.0288. The Kier molecular flexibility index (Phi) is 5.66. The molecule has 1 aromatic carbocycles. The van der Waals surface area contributed by atoms with Crippen molar-refractivity contribution >= 4 is 37.8 Å². The van der Waals surface area contributed by atoms with Crippen LogP contribution in [0.4, 0.5) is 0 Å². The van der Waals surface area contributed by atoms with Gasteiger partial charge in [-0.1, -0.05) is 62.7 Å². The molecule has 2 unspecified atom stereocenters. The smallest absolute Gasteiger partial charge is 0.231 e. The second-order valence-electron chi connectivity index (χ2n) is 4.89. The van der Waals surface area contributed by atoms with Crippen molar-refractivity contribution in [3.63, 3.8) is 0 Å². The molecule has 0 bridgehead atoms. The number of rotatable bonds is 5. The first-order valence-corrected chi connectivity index (χ1v) is 8.84. The zero-order valence-electron chi connectivity index (χ0n) is 11.2. The van der Waals surface area contributed by atoms with Gasteiger partial charge >= 0.3 is 0 Å². The zero-order chi connectivity index (χ0) is 14.5. The van der Waals surface area contributed by atoms with Gasteiger partial charge in [-0.15, -0.1) is 0 Å². The van der Waals surface area contributed by atoms with Crippen LogP contribution in [0.3, 0.4) is 0 Å². The van der Waals surface area contributed by atoms with E-state index in [9.17, 15) is 4.79 Å². The van der Waals surface area contributed by atoms with Crippen molar-refractivity contribution < 1.29 is 4.79 Å². The van der Waals surface area contributed by atoms with Crippen molar-refractivity contribution in [3.8, 4) is 0 Å². The van der Waals surface area contributed by atoms with E-state index < -0.39 is 0 Å². The Balaban J connectivity index is 2.20. The maximum atomic E-state index is 11.6. The second-order valence-corrected chi connectivity index (χ2v) is 6.02. The van der Waals surface area contributed by atoms with Gasteiger partial charge in [0.05, 0.1) is 17.4 Å². The summed E-state index contributed by atoms with van der Waals surface area (Å²) in [7, 11) is 0. The molecule has 5 heteroatoms. The van der Waals surface area contributed by atoms with Crippen LogP contribution in [0, 0.1) is 0 Å². The SMILES string of the molecule is C=C(CBr)NC1CCC(NC(=O)CBr)c2ccccc21. The van der Waals surface area contributed by atoms with Crippen molar-refractivity contribution in [1.82, 2.24) is 10.6 Å². The van der Waals surface area contributed by atoms with E-state index in [0.717, 1.165) is 23.9 Å². The molecule has 1 amide bonds. The lowest BCUT2D eigenvalue weighted by atomic mass is 9.84. The summed E-state index contributed by atoms with van der Waals surface area (Å²) in [6, 6.07) is 8.66. The molecule has 0 radical (unpaired) electrons. The first kappa shape index (κ1) is 15.6. The normalized spacial score (nSPS) is 20.9. The second kappa shape index (κ2) is 7.27. The lowest BCUT2D eigenvalue weighted by Crippen LogP contribution is -2.35. The van der Waals surface area contributed by atoms with Crippen LogP contribution in [0.5, 0.6) is 0 Å². The van der Waals surface area contributed by atoms with Gasteiger partial charge in [-0.05, 0) is 24.0 Å². The number of benzene rings is 1. The predicted molar refractivity (Wildman–Crippen MR) is 89.2 cm³/mol. The highest BCUT2D eigenvalue weighted by Crippen LogP contribution is 2.36. The molecule has 1 aliphatic carbocycles. The fourth-order valence-electron chi connectivity index (χ4n) is 2.61. The summed E-state index contributed by atoms with van der Waals surface area (Å²) < 4.78 is 0. The number of allylic oxidation sites excluding steroid dienone is 1. The van der Waals surface area contributed by atoms with Gasteiger partial charge in [-0.2, -0.15) is 0 Å². The first-order chi connectivity index (χ1) is 9.65. The first-order valence-electron chi connectivity index (χ1n) is 6.60. The molecule has 1 aromatic rings. The van der Waals surface area contributed by atoms with E-state index in [4.69, 9.17) is 0 Å². The Labute approximate surface area is 136 Å². The van der Waals surface area contributed by atoms with Crippen LogP contribution in [0.2, 0.25) is 0 Å². The molecule has 0 saturated carbocycles. The number of alkyl halides is 2. The molecule has 0 aliphatic heterocycles. The van der Waals surface area contributed by atoms with Crippen LogP contribution < -0.4 is 10.6 Å². The van der Waals surface area contributed by atoms with Crippen molar-refractivity contribution in [2.75, 3.05) is 10.7 Å². The lowest BCUT2D eigenvalue weighted by Gasteiger charge is -2.33. The van der Waals surface area contributed by atoms with Gasteiger partial charge in [0.1, 0.15) is 0 Å². The zero-order valence-corrected chi connectivity index (χ0v) is 14.3. The quantitative estimate of drug-likeness (QED) is 0.740. The number of fused-ring (bicyclic) bond motifs is 1. The third kappa shape index (κ3) is 3.64. The van der Waals surface area contributed by atoms with E-state index in [1.807, 2.05) is 12.1 Å². The fraction of sp³-hybridized carbons (Fsp3) is 0.400. The molecule has 1 aliphatic rings. The predicted octanol–water partition coefficient (Wildman–Crippen LogP) is 3.57. The van der Waals surface area contributed by atoms with Crippen LogP contribution in [0.1, 0.15) is 36.1 Å². The molecule has 0 heterocycles. The largest absolute Gasteiger partial charge is 0.381 e. The van der Waals surface area contributed by atoms with Gasteiger partial charge < -0.3 is 10.6 Å². The number of hydrogen-bond donors (Lipinski definition) is 2. The van der Waals surface area contributed by atoms with E-state index in [0.29, 0.717) is 5.33 Å². The van der Waals surface area contributed by atoms with E-state index in [-0.39, 0.29) is 18.0 Å². The minimum absolute atomic E-state index is 0.0288. The maximum Gasteiger partial charge on any atom is 0.231 e. The highest BCUT2D eigenvalue weighted by Gasteiger charge is 2.27. The topological polar surface area (TPSA) is 41.1 Å². The third-order valence-electron chi connectivity index (χ3n) is 3.49. The number of carbonyl (C=O) groups is 1. The summed E-state index contributed by atoms with van der Waals surface area (Å²) >= 11 is 6.61. The van der Waals surface area contributed by atoms with E-state index >= 15 is 0 Å². The molecule has 0 fully saturated rings. The number of carbonyl (C=O) groups excluding carboxylic acids is 1. The minimum atomic E-state index is 0.0288. The summed E-state index contributed by atoms with van der Waals surface area (Å²) in [6.45, 7) is 3.99. The van der Waals surface area contributed by atoms with Crippen molar-refractivity contribution in [2.45, 2.75) is 24.9 Å². The fourth-order valence-corrected chi connectivity index (χ4v) is 2.93. The van der Waals surface area contributed by atoms with E-state index in [1.54, 1.807) is 0 Å². The Morgan fingerprint density at radius 2 is 1.65 bits per heavy atom. The average molecular weight is 402 g/mol. The standard InChI is InChI=1S/C15H18Br2N2O/c1-10(8-16)18-13-6-7-14(19-15(20)9-17)12-5-3-2-4-11(12)13/h2-5,13-14,18H,1,6-9H2,(H,19,20). The van der Waals surface area contributed by atoms with Crippen LogP contribution in [-0.2, 0) is 4.79 Å². The number of halogens is 2. The molecular weight excluding hydrogens is 384 g/mol. The van der Waals surface area contributed by atoms with Crippen molar-refractivity contribution in [3.05, 3.63) is 47.7 Å². The van der Waals surface area contributed by atoms with Gasteiger partial charge in [0, 0.05) is 11.0 Å². The minimum Gasteiger partial charge on any atom is -0.381 e. The Bertz CT molecular complexity index is 459. The molecule has 3 nitrogen and oxygen atoms in total. The van der Waals surface area contributed by atoms with Gasteiger partial charge in [0.25, 0.3) is 0 Å². The van der Waals surface area contributed by atoms with Crippen LogP contribution in [0.15, 0.2) is 36.5 Å². The number of nitrogens with one attached hydrogen (secondary N) is 2. The number of amides is 1. The van der Waals surface area contributed by atoms with Crippen molar-refractivity contribution in [1.29, 1.82) is 0 Å². The highest BCUT2D eigenvalue weighted by atomic mass is 79.9. The summed E-state index contributed by atoms with van der Waals surface area (Å²) in [6.07, 6.45) is 1.92. The molecule has 2 rings (SSSR count). The summed E-state index contributed by atoms with van der Waals surface area (Å²) in [4.78, 5) is 11.6. The van der Waals surface area contributed by atoms with Gasteiger partial charge in [0.2, 0.25) is 5.91 Å². The summed E-state index contributed by atoms with van der Waals surface area (Å²) in [5.41, 5.74) is 3.43. The molecule has 20 heavy (non-hydrogen) atoms. The van der Waals surface area contributed by atoms with Gasteiger partial charge in [-0.3, -0.25) is 4.79 Å². The van der Waals surface area contributed by atoms with Crippen LogP contribution in [0.25, 0.3) is 0 Å². The van der Waals surface area contributed by atoms with E-state index in [2.05, 4.69) is 61.2 Å². The molecule has 108 valence electrons. The monoisotopic (exact) mass is 400 g/mol. The van der Waals surface area contributed by atoms with Crippen LogP contribution >= 0.6 is 31.9 Å². The Morgan fingerprint density at radius 3 is 2.15 bits per heavy atom. The lowest BCUT2D eigenvalue weighted by molar-refractivity contribution is -0.119. The molecular formula is C15H18Br2N2O. The molecule has 2 N–H and O–H groups in total. The van der Waals surface area contributed by atoms with Gasteiger partial charge in [0.15, 0.2) is 0 Å². The van der Waals surface area contributed by atoms with Crippen LogP contribution in [-0.4, -0.2) is 16.6 Å². The Hall–Kier alpha value is -0.810.